The van der Waals surface area contributed by atoms with Gasteiger partial charge in [-0.25, -0.2) is 14.2 Å². The fraction of sp³-hybridized carbons (Fsp3) is 0.440. The number of carbonyl (C=O) groups is 2. The summed E-state index contributed by atoms with van der Waals surface area (Å²) in [5.41, 5.74) is 0.979. The first kappa shape index (κ1) is 20.6. The number of allylic oxidation sites excluding steroid dienone is 1. The predicted octanol–water partition coefficient (Wildman–Crippen LogP) is 3.78. The van der Waals surface area contributed by atoms with E-state index in [0.29, 0.717) is 22.0 Å². The zero-order valence-electron chi connectivity index (χ0n) is 18.4. The summed E-state index contributed by atoms with van der Waals surface area (Å²) in [5.74, 6) is 0.352. The third kappa shape index (κ3) is 1.84. The minimum absolute atomic E-state index is 0.194. The van der Waals surface area contributed by atoms with Crippen LogP contribution < -0.4 is 5.32 Å². The maximum atomic E-state index is 14.6. The summed E-state index contributed by atoms with van der Waals surface area (Å²) in [7, 11) is 0. The number of ether oxygens (including phenoxy) is 1. The topological polar surface area (TPSA) is 101 Å². The molecule has 6 aliphatic carbocycles. The van der Waals surface area contributed by atoms with E-state index in [0.717, 1.165) is 5.70 Å². The SMILES string of the molecule is CCOC(=O)C1=C(C23C4C5C2C2C3C4C52C(=O)O)NC(c2nccs2)=NC1c1cccc(F)c1Br. The van der Waals surface area contributed by atoms with Crippen LogP contribution in [-0.2, 0) is 14.3 Å². The number of rotatable bonds is 6. The van der Waals surface area contributed by atoms with E-state index in [9.17, 15) is 19.1 Å². The van der Waals surface area contributed by atoms with Crippen molar-refractivity contribution in [1.29, 1.82) is 0 Å². The van der Waals surface area contributed by atoms with Gasteiger partial charge in [0.1, 0.15) is 11.9 Å². The third-order valence-corrected chi connectivity index (χ3v) is 11.5. The average molecular weight is 556 g/mol. The van der Waals surface area contributed by atoms with Gasteiger partial charge in [0.05, 0.1) is 22.1 Å². The second-order valence-corrected chi connectivity index (χ2v) is 12.0. The minimum Gasteiger partial charge on any atom is -0.481 e. The molecule has 2 heterocycles. The van der Waals surface area contributed by atoms with Crippen molar-refractivity contribution in [1.82, 2.24) is 10.3 Å². The number of carboxylic acid groups (broad SMARTS) is 1. The van der Waals surface area contributed by atoms with Gasteiger partial charge in [0.15, 0.2) is 10.8 Å². The molecule has 0 spiro atoms. The van der Waals surface area contributed by atoms with E-state index in [1.807, 2.05) is 5.38 Å². The molecule has 0 amide bonds. The molecule has 2 aromatic rings. The van der Waals surface area contributed by atoms with Crippen LogP contribution in [0.25, 0.3) is 0 Å². The molecule has 6 saturated carbocycles. The number of halogens is 2. The van der Waals surface area contributed by atoms with Crippen LogP contribution in [0.4, 0.5) is 4.39 Å². The Hall–Kier alpha value is -2.59. The van der Waals surface area contributed by atoms with Gasteiger partial charge in [-0.15, -0.1) is 11.3 Å². The number of hydrogen-bond acceptors (Lipinski definition) is 7. The number of thiazole rings is 1. The lowest BCUT2D eigenvalue weighted by molar-refractivity contribution is -0.633. The highest BCUT2D eigenvalue weighted by Gasteiger charge is 3.12. The third-order valence-electron chi connectivity index (χ3n) is 9.88. The first-order chi connectivity index (χ1) is 16.9. The fourth-order valence-electron chi connectivity index (χ4n) is 9.17. The van der Waals surface area contributed by atoms with Crippen LogP contribution in [0.15, 0.2) is 50.5 Å². The van der Waals surface area contributed by atoms with Crippen LogP contribution in [0, 0.1) is 52.2 Å². The van der Waals surface area contributed by atoms with Crippen molar-refractivity contribution in [2.45, 2.75) is 13.0 Å². The van der Waals surface area contributed by atoms with E-state index in [1.165, 1.54) is 17.4 Å². The quantitative estimate of drug-likeness (QED) is 0.526. The Morgan fingerprint density at radius 3 is 2.54 bits per heavy atom. The molecule has 1 atom stereocenters. The van der Waals surface area contributed by atoms with Crippen molar-refractivity contribution in [2.75, 3.05) is 6.61 Å². The van der Waals surface area contributed by atoms with Gasteiger partial charge < -0.3 is 15.2 Å². The Bertz CT molecular complexity index is 1380. The van der Waals surface area contributed by atoms with Crippen molar-refractivity contribution >= 4 is 45.0 Å². The van der Waals surface area contributed by atoms with E-state index in [1.54, 1.807) is 25.3 Å². The number of nitrogens with one attached hydrogen (secondary N) is 1. The second-order valence-electron chi connectivity index (χ2n) is 10.3. The molecule has 6 fully saturated rings. The minimum atomic E-state index is -0.775. The van der Waals surface area contributed by atoms with Gasteiger partial charge in [-0.2, -0.15) is 0 Å². The first-order valence-corrected chi connectivity index (χ1v) is 13.4. The molecule has 178 valence electrons. The smallest absolute Gasteiger partial charge is 0.338 e. The van der Waals surface area contributed by atoms with Gasteiger partial charge in [-0.1, -0.05) is 12.1 Å². The lowest BCUT2D eigenvalue weighted by Gasteiger charge is -3.10. The average Bonchev–Trinajstić information content (AvgIpc) is 3.40. The number of nitrogens with zero attached hydrogens (tertiary/aromatic N) is 2. The molecule has 2 N–H and O–H groups in total. The molecule has 1 aromatic heterocycles. The summed E-state index contributed by atoms with van der Waals surface area (Å²) in [6.07, 6.45) is 1.70. The van der Waals surface area contributed by atoms with Crippen LogP contribution in [0.1, 0.15) is 23.5 Å². The Morgan fingerprint density at radius 2 is 1.94 bits per heavy atom. The number of hydrogen-bond donors (Lipinski definition) is 2. The molecule has 0 radical (unpaired) electrons. The van der Waals surface area contributed by atoms with Gasteiger partial charge in [0, 0.05) is 22.7 Å². The number of amidine groups is 1. The fourth-order valence-corrected chi connectivity index (χ4v) is 10.2. The van der Waals surface area contributed by atoms with Gasteiger partial charge in [0.2, 0.25) is 0 Å². The number of benzene rings is 1. The van der Waals surface area contributed by atoms with Gasteiger partial charge >= 0.3 is 11.9 Å². The second kappa shape index (κ2) is 6.21. The molecule has 0 saturated heterocycles. The van der Waals surface area contributed by atoms with Gasteiger partial charge in [-0.3, -0.25) is 9.79 Å². The summed E-state index contributed by atoms with van der Waals surface area (Å²) in [4.78, 5) is 34.9. The highest BCUT2D eigenvalue weighted by atomic mass is 79.9. The van der Waals surface area contributed by atoms with Gasteiger partial charge in [0.25, 0.3) is 0 Å². The molecule has 7 nitrogen and oxygen atoms in total. The molecular formula is C25H19BrFN3O4S. The first-order valence-electron chi connectivity index (χ1n) is 11.7. The zero-order valence-corrected chi connectivity index (χ0v) is 20.8. The predicted molar refractivity (Wildman–Crippen MR) is 126 cm³/mol. The molecule has 10 heteroatoms. The molecule has 0 bridgehead atoms. The van der Waals surface area contributed by atoms with Crippen molar-refractivity contribution in [3.05, 3.63) is 61.9 Å². The zero-order chi connectivity index (χ0) is 24.0. The Morgan fingerprint density at radius 1 is 1.23 bits per heavy atom. The standard InChI is InChI=1S/C25H19BrFN3O4S/c1-2-34-22(31)10-18(8-4-3-5-9(27)17(8)26)29-20(21-28-6-7-35-21)30-19(10)24-11-14-12(24)16-13(24)15(11)25(14,16)23(32)33/h3-7,11-16,18H,2H2,1H3,(H,29,30)(H,32,33). The molecule has 9 rings (SSSR count). The van der Waals surface area contributed by atoms with Crippen molar-refractivity contribution in [3.63, 3.8) is 0 Å². The van der Waals surface area contributed by atoms with E-state index in [-0.39, 0.29) is 52.0 Å². The van der Waals surface area contributed by atoms with Crippen LogP contribution in [0.5, 0.6) is 0 Å². The molecule has 1 aromatic carbocycles. The summed E-state index contributed by atoms with van der Waals surface area (Å²) in [5, 5.41) is 15.9. The number of aliphatic imine (C=N–C) groups is 1. The Labute approximate surface area is 211 Å². The molecule has 1 aliphatic heterocycles. The number of esters is 1. The maximum absolute atomic E-state index is 14.6. The van der Waals surface area contributed by atoms with Crippen LogP contribution in [0.2, 0.25) is 0 Å². The van der Waals surface area contributed by atoms with Crippen molar-refractivity contribution < 1.29 is 23.8 Å². The van der Waals surface area contributed by atoms with Crippen molar-refractivity contribution in [2.24, 2.45) is 51.3 Å². The van der Waals surface area contributed by atoms with E-state index in [4.69, 9.17) is 9.73 Å². The molecule has 1 unspecified atom stereocenters. The highest BCUT2D eigenvalue weighted by Crippen LogP contribution is 3.11. The number of aliphatic carboxylic acids is 1. The van der Waals surface area contributed by atoms with E-state index in [2.05, 4.69) is 26.2 Å². The lowest BCUT2D eigenvalue weighted by atomic mass is 8.92. The largest absolute Gasteiger partial charge is 0.481 e. The van der Waals surface area contributed by atoms with Crippen LogP contribution >= 0.6 is 27.3 Å². The summed E-state index contributed by atoms with van der Waals surface area (Å²) in [6, 6.07) is 3.96. The number of carboxylic acids is 1. The highest BCUT2D eigenvalue weighted by molar-refractivity contribution is 9.10. The van der Waals surface area contributed by atoms with Crippen molar-refractivity contribution in [3.8, 4) is 0 Å². The number of carbonyl (C=O) groups excluding carboxylic acids is 1. The molecular weight excluding hydrogens is 537 g/mol. The summed E-state index contributed by atoms with van der Waals surface area (Å²) >= 11 is 4.81. The lowest BCUT2D eigenvalue weighted by Crippen LogP contribution is -3.11. The van der Waals surface area contributed by atoms with E-state index < -0.39 is 29.2 Å². The van der Waals surface area contributed by atoms with Gasteiger partial charge in [-0.05, 0) is 70.0 Å². The normalized spacial score (nSPS) is 42.3. The van der Waals surface area contributed by atoms with Crippen LogP contribution in [0.3, 0.4) is 0 Å². The molecule has 35 heavy (non-hydrogen) atoms. The molecule has 7 aliphatic rings. The number of aromatic nitrogens is 1. The monoisotopic (exact) mass is 555 g/mol. The van der Waals surface area contributed by atoms with Crippen LogP contribution in [-0.4, -0.2) is 34.5 Å². The summed E-state index contributed by atoms with van der Waals surface area (Å²) < 4.78 is 20.4. The maximum Gasteiger partial charge on any atom is 0.338 e. The Balaban J connectivity index is 1.31. The summed E-state index contributed by atoms with van der Waals surface area (Å²) in [6.45, 7) is 1.96. The Kier molecular flexibility index (Phi) is 3.65. The van der Waals surface area contributed by atoms with E-state index >= 15 is 0 Å².